The van der Waals surface area contributed by atoms with E-state index in [2.05, 4.69) is 244 Å². The quantitative estimate of drug-likeness (QED) is 0.161. The number of hydrogen-bond donors (Lipinski definition) is 0. The summed E-state index contributed by atoms with van der Waals surface area (Å²) in [5.74, 6) is 0. The van der Waals surface area contributed by atoms with E-state index in [4.69, 9.17) is 4.42 Å². The van der Waals surface area contributed by atoms with Gasteiger partial charge in [-0.2, -0.15) is 0 Å². The first-order valence-corrected chi connectivity index (χ1v) is 23.0. The average molecular weight is 875 g/mol. The number of rotatable bonds is 4. The third-order valence-electron chi connectivity index (χ3n) is 11.0. The van der Waals surface area contributed by atoms with Gasteiger partial charge in [0.05, 0.1) is 0 Å². The van der Waals surface area contributed by atoms with Crippen LogP contribution in [0.5, 0.6) is 0 Å². The highest BCUT2D eigenvalue weighted by Crippen LogP contribution is 2.35. The summed E-state index contributed by atoms with van der Waals surface area (Å²) >= 11 is 0. The van der Waals surface area contributed by atoms with Gasteiger partial charge in [-0.1, -0.05) is 247 Å². The fraction of sp³-hybridized carbons (Fsp3) is 0.121. The zero-order chi connectivity index (χ0) is 48.0. The smallest absolute Gasteiger partial charge is 0.135 e. The lowest BCUT2D eigenvalue weighted by molar-refractivity contribution is 0.669. The molecule has 0 N–H and O–H groups in total. The largest absolute Gasteiger partial charge is 0.456 e. The second kappa shape index (κ2) is 26.3. The van der Waals surface area contributed by atoms with Gasteiger partial charge in [-0.3, -0.25) is 0 Å². The van der Waals surface area contributed by atoms with Crippen molar-refractivity contribution in [3.05, 3.63) is 288 Å². The van der Waals surface area contributed by atoms with Crippen molar-refractivity contribution in [2.75, 3.05) is 0 Å². The monoisotopic (exact) mass is 875 g/mol. The molecular weight excluding hydrogens is 809 g/mol. The van der Waals surface area contributed by atoms with Gasteiger partial charge in [-0.15, -0.1) is 0 Å². The van der Waals surface area contributed by atoms with Gasteiger partial charge < -0.3 is 4.42 Å². The molecular formula is C66H66O. The molecule has 1 aromatic heterocycles. The van der Waals surface area contributed by atoms with E-state index in [-0.39, 0.29) is 0 Å². The van der Waals surface area contributed by atoms with E-state index in [1.807, 2.05) is 42.5 Å². The number of aryl methyl sites for hydroxylation is 8. The molecule has 0 saturated heterocycles. The second-order valence-corrected chi connectivity index (χ2v) is 16.8. The van der Waals surface area contributed by atoms with Crippen molar-refractivity contribution in [1.82, 2.24) is 0 Å². The Bertz CT molecular complexity index is 2980. The van der Waals surface area contributed by atoms with E-state index in [0.717, 1.165) is 11.2 Å². The maximum Gasteiger partial charge on any atom is 0.135 e. The van der Waals surface area contributed by atoms with Crippen LogP contribution in [0.25, 0.3) is 55.3 Å². The molecule has 0 bridgehead atoms. The number of benzene rings is 9. The number of fused-ring (bicyclic) bond motifs is 3. The van der Waals surface area contributed by atoms with Crippen molar-refractivity contribution in [2.24, 2.45) is 0 Å². The molecule has 0 aliphatic carbocycles. The SMILES string of the molecule is C=CC=C.Cc1ccc(-c2ccccc2)cc1.Cc1ccc2oc3ccc(-c4ccc(C)c(-c5ccccc5C)c4)cc3c2c1.Cc1cccc(C)c1.Cc1ccccc1.Cc1ccccc1. The minimum Gasteiger partial charge on any atom is -0.456 e. The molecule has 0 aliphatic rings. The number of furan rings is 1. The van der Waals surface area contributed by atoms with Crippen LogP contribution in [-0.4, -0.2) is 0 Å². The molecule has 0 unspecified atom stereocenters. The van der Waals surface area contributed by atoms with Crippen LogP contribution >= 0.6 is 0 Å². The van der Waals surface area contributed by atoms with Gasteiger partial charge >= 0.3 is 0 Å². The van der Waals surface area contributed by atoms with Crippen LogP contribution in [0.4, 0.5) is 0 Å². The summed E-state index contributed by atoms with van der Waals surface area (Å²) in [6, 6.07) is 76.2. The predicted octanol–water partition coefficient (Wildman–Crippen LogP) is 19.2. The van der Waals surface area contributed by atoms with E-state index >= 15 is 0 Å². The Labute approximate surface area is 401 Å². The molecule has 1 nitrogen and oxygen atoms in total. The van der Waals surface area contributed by atoms with Crippen LogP contribution in [0, 0.1) is 55.4 Å². The number of hydrogen-bond acceptors (Lipinski definition) is 1. The van der Waals surface area contributed by atoms with Gasteiger partial charge in [0.25, 0.3) is 0 Å². The zero-order valence-electron chi connectivity index (χ0n) is 40.8. The van der Waals surface area contributed by atoms with Crippen molar-refractivity contribution >= 4 is 21.9 Å². The fourth-order valence-electron chi connectivity index (χ4n) is 7.29. The van der Waals surface area contributed by atoms with E-state index in [9.17, 15) is 0 Å². The number of allylic oxidation sites excluding steroid dienone is 2. The molecule has 336 valence electrons. The van der Waals surface area contributed by atoms with Crippen molar-refractivity contribution in [2.45, 2.75) is 55.4 Å². The summed E-state index contributed by atoms with van der Waals surface area (Å²) in [5, 5.41) is 2.36. The summed E-state index contributed by atoms with van der Waals surface area (Å²) < 4.78 is 6.03. The summed E-state index contributed by atoms with van der Waals surface area (Å²) in [6.07, 6.45) is 3.28. The highest BCUT2D eigenvalue weighted by Gasteiger charge is 2.11. The summed E-state index contributed by atoms with van der Waals surface area (Å²) in [5.41, 5.74) is 20.0. The van der Waals surface area contributed by atoms with Crippen molar-refractivity contribution in [3.8, 4) is 33.4 Å². The third-order valence-corrected chi connectivity index (χ3v) is 11.0. The first kappa shape index (κ1) is 50.3. The Kier molecular flexibility index (Phi) is 19.7. The molecule has 0 amide bonds. The van der Waals surface area contributed by atoms with Gasteiger partial charge in [0, 0.05) is 10.8 Å². The zero-order valence-corrected chi connectivity index (χ0v) is 40.8. The van der Waals surface area contributed by atoms with Crippen LogP contribution in [0.2, 0.25) is 0 Å². The Morgan fingerprint density at radius 3 is 1.18 bits per heavy atom. The van der Waals surface area contributed by atoms with Crippen molar-refractivity contribution in [1.29, 1.82) is 0 Å². The van der Waals surface area contributed by atoms with Gasteiger partial charge in [0.15, 0.2) is 0 Å². The maximum atomic E-state index is 6.03. The van der Waals surface area contributed by atoms with Gasteiger partial charge in [-0.25, -0.2) is 0 Å². The fourth-order valence-corrected chi connectivity index (χ4v) is 7.29. The first-order chi connectivity index (χ1) is 32.4. The van der Waals surface area contributed by atoms with E-state index in [1.54, 1.807) is 12.2 Å². The summed E-state index contributed by atoms with van der Waals surface area (Å²) in [6.45, 7) is 23.7. The molecule has 0 fully saturated rings. The molecule has 0 spiro atoms. The maximum absolute atomic E-state index is 6.03. The summed E-state index contributed by atoms with van der Waals surface area (Å²) in [4.78, 5) is 0. The molecule has 67 heavy (non-hydrogen) atoms. The molecule has 9 aromatic carbocycles. The van der Waals surface area contributed by atoms with Gasteiger partial charge in [-0.05, 0) is 130 Å². The molecule has 10 rings (SSSR count). The van der Waals surface area contributed by atoms with Crippen molar-refractivity contribution < 1.29 is 4.42 Å². The summed E-state index contributed by atoms with van der Waals surface area (Å²) in [7, 11) is 0. The van der Waals surface area contributed by atoms with Crippen molar-refractivity contribution in [3.63, 3.8) is 0 Å². The molecule has 10 aromatic rings. The predicted molar refractivity (Wildman–Crippen MR) is 294 cm³/mol. The van der Waals surface area contributed by atoms with Crippen LogP contribution in [-0.2, 0) is 0 Å². The standard InChI is InChI=1S/C27H22O.C13H12.C8H10.2C7H8.C4H6/c1-17-8-12-26-24(14-17)25-16-21(11-13-27(25)28-26)20-10-9-19(3)23(15-20)22-7-5-4-6-18(22)2;1-11-7-9-13(10-8-11)12-5-3-2-4-6-12;1-7-4-3-5-8(2)6-7;2*1-7-5-3-2-4-6-7;1-3-4-2/h4-16H,1-3H3;2-10H,1H3;3-6H,1-2H3;2*2-6H,1H3;3-4H,1-2H2. The highest BCUT2D eigenvalue weighted by atomic mass is 16.3. The Hall–Kier alpha value is -7.74. The lowest BCUT2D eigenvalue weighted by Crippen LogP contribution is -1.88. The van der Waals surface area contributed by atoms with Crippen LogP contribution in [0.1, 0.15) is 44.5 Å². The van der Waals surface area contributed by atoms with Crippen LogP contribution < -0.4 is 0 Å². The van der Waals surface area contributed by atoms with Crippen LogP contribution in [0.15, 0.2) is 248 Å². The molecule has 0 radical (unpaired) electrons. The normalized spacial score (nSPS) is 9.91. The lowest BCUT2D eigenvalue weighted by atomic mass is 9.92. The molecule has 0 saturated carbocycles. The lowest BCUT2D eigenvalue weighted by Gasteiger charge is -2.12. The Morgan fingerprint density at radius 1 is 0.284 bits per heavy atom. The minimum atomic E-state index is 0.940. The Balaban J connectivity index is 0.000000177. The second-order valence-electron chi connectivity index (χ2n) is 16.8. The van der Waals surface area contributed by atoms with E-state index in [0.29, 0.717) is 0 Å². The molecule has 0 atom stereocenters. The highest BCUT2D eigenvalue weighted by molar-refractivity contribution is 6.06. The third kappa shape index (κ3) is 16.0. The van der Waals surface area contributed by atoms with Crippen LogP contribution in [0.3, 0.4) is 0 Å². The first-order valence-electron chi connectivity index (χ1n) is 23.0. The van der Waals surface area contributed by atoms with Gasteiger partial charge in [0.2, 0.25) is 0 Å². The van der Waals surface area contributed by atoms with E-state index < -0.39 is 0 Å². The molecule has 0 aliphatic heterocycles. The minimum absolute atomic E-state index is 0.940. The van der Waals surface area contributed by atoms with Gasteiger partial charge in [0.1, 0.15) is 11.2 Å². The average Bonchev–Trinajstić information content (AvgIpc) is 3.71. The Morgan fingerprint density at radius 2 is 0.672 bits per heavy atom. The van der Waals surface area contributed by atoms with E-state index in [1.165, 1.54) is 88.7 Å². The molecule has 1 heteroatoms. The molecule has 1 heterocycles. The topological polar surface area (TPSA) is 13.1 Å².